The third-order valence-electron chi connectivity index (χ3n) is 3.49. The maximum atomic E-state index is 12.3. The van der Waals surface area contributed by atoms with E-state index in [0.717, 1.165) is 15.6 Å². The minimum absolute atomic E-state index is 0.0457. The molecule has 0 aliphatic heterocycles. The average Bonchev–Trinajstić information content (AvgIpc) is 2.56. The smallest absolute Gasteiger partial charge is 0.337 e. The van der Waals surface area contributed by atoms with Crippen LogP contribution in [-0.4, -0.2) is 30.9 Å². The molecule has 120 valence electrons. The molecule has 0 N–H and O–H groups in total. The Morgan fingerprint density at radius 2 is 1.57 bits per heavy atom. The summed E-state index contributed by atoms with van der Waals surface area (Å²) in [6.45, 7) is 0.497. The van der Waals surface area contributed by atoms with Gasteiger partial charge in [0.2, 0.25) is 5.91 Å². The molecule has 0 aliphatic rings. The van der Waals surface area contributed by atoms with Gasteiger partial charge in [0.1, 0.15) is 0 Å². The lowest BCUT2D eigenvalue weighted by Crippen LogP contribution is -2.27. The molecule has 2 aromatic carbocycles. The molecule has 1 amide bonds. The maximum Gasteiger partial charge on any atom is 0.337 e. The zero-order valence-electron chi connectivity index (χ0n) is 13.1. The van der Waals surface area contributed by atoms with E-state index in [1.54, 1.807) is 24.1 Å². The van der Waals surface area contributed by atoms with Crippen LogP contribution >= 0.6 is 15.9 Å². The Kier molecular flexibility index (Phi) is 5.93. The third-order valence-corrected chi connectivity index (χ3v) is 4.02. The summed E-state index contributed by atoms with van der Waals surface area (Å²) in [4.78, 5) is 25.3. The fourth-order valence-electron chi connectivity index (χ4n) is 2.14. The van der Waals surface area contributed by atoms with Crippen molar-refractivity contribution in [3.63, 3.8) is 0 Å². The predicted octanol–water partition coefficient (Wildman–Crippen LogP) is 3.44. The molecule has 5 heteroatoms. The van der Waals surface area contributed by atoms with Gasteiger partial charge in [-0.05, 0) is 35.4 Å². The van der Waals surface area contributed by atoms with Crippen LogP contribution < -0.4 is 0 Å². The minimum Gasteiger partial charge on any atom is -0.465 e. The molecule has 0 aliphatic carbocycles. The second-order valence-electron chi connectivity index (χ2n) is 5.24. The van der Waals surface area contributed by atoms with Gasteiger partial charge >= 0.3 is 5.97 Å². The lowest BCUT2D eigenvalue weighted by atomic mass is 10.1. The SMILES string of the molecule is COC(=O)c1ccc(CN(C)C(=O)Cc2ccc(Br)cc2)cc1. The number of halogens is 1. The molecule has 0 heterocycles. The Morgan fingerprint density at radius 3 is 2.13 bits per heavy atom. The number of hydrogen-bond acceptors (Lipinski definition) is 3. The van der Waals surface area contributed by atoms with E-state index in [0.29, 0.717) is 18.5 Å². The van der Waals surface area contributed by atoms with E-state index in [4.69, 9.17) is 0 Å². The van der Waals surface area contributed by atoms with Crippen molar-refractivity contribution in [3.8, 4) is 0 Å². The highest BCUT2D eigenvalue weighted by molar-refractivity contribution is 9.10. The van der Waals surface area contributed by atoms with Gasteiger partial charge in [-0.2, -0.15) is 0 Å². The lowest BCUT2D eigenvalue weighted by Gasteiger charge is -2.17. The van der Waals surface area contributed by atoms with E-state index in [9.17, 15) is 9.59 Å². The molecule has 0 spiro atoms. The van der Waals surface area contributed by atoms with E-state index in [-0.39, 0.29) is 11.9 Å². The number of rotatable bonds is 5. The van der Waals surface area contributed by atoms with E-state index < -0.39 is 0 Å². The zero-order chi connectivity index (χ0) is 16.8. The zero-order valence-corrected chi connectivity index (χ0v) is 14.7. The van der Waals surface area contributed by atoms with Crippen molar-refractivity contribution in [1.82, 2.24) is 4.90 Å². The van der Waals surface area contributed by atoms with Crippen LogP contribution in [0.5, 0.6) is 0 Å². The van der Waals surface area contributed by atoms with Crippen LogP contribution in [0.4, 0.5) is 0 Å². The van der Waals surface area contributed by atoms with Crippen LogP contribution in [0.2, 0.25) is 0 Å². The molecule has 2 rings (SSSR count). The highest BCUT2D eigenvalue weighted by atomic mass is 79.9. The largest absolute Gasteiger partial charge is 0.465 e. The summed E-state index contributed by atoms with van der Waals surface area (Å²) >= 11 is 3.38. The van der Waals surface area contributed by atoms with Crippen LogP contribution in [0.3, 0.4) is 0 Å². The molecule has 0 saturated heterocycles. The first kappa shape index (κ1) is 17.2. The standard InChI is InChI=1S/C18H18BrNO3/c1-20(17(21)11-13-5-9-16(19)10-6-13)12-14-3-7-15(8-4-14)18(22)23-2/h3-10H,11-12H2,1-2H3. The van der Waals surface area contributed by atoms with Gasteiger partial charge in [-0.15, -0.1) is 0 Å². The number of nitrogens with zero attached hydrogens (tertiary/aromatic N) is 1. The number of likely N-dealkylation sites (N-methyl/N-ethyl adjacent to an activating group) is 1. The Bertz CT molecular complexity index is 680. The Morgan fingerprint density at radius 1 is 1.00 bits per heavy atom. The first-order valence-corrected chi connectivity index (χ1v) is 7.94. The Labute approximate surface area is 144 Å². The normalized spacial score (nSPS) is 10.2. The first-order valence-electron chi connectivity index (χ1n) is 7.15. The van der Waals surface area contributed by atoms with Crippen LogP contribution in [0.1, 0.15) is 21.5 Å². The number of carbonyl (C=O) groups excluding carboxylic acids is 2. The quantitative estimate of drug-likeness (QED) is 0.752. The maximum absolute atomic E-state index is 12.3. The minimum atomic E-state index is -0.365. The molecular weight excluding hydrogens is 358 g/mol. The summed E-state index contributed by atoms with van der Waals surface area (Å²) in [7, 11) is 3.13. The summed E-state index contributed by atoms with van der Waals surface area (Å²) in [6.07, 6.45) is 0.365. The van der Waals surface area contributed by atoms with Crippen LogP contribution in [0, 0.1) is 0 Å². The molecule has 0 unspecified atom stereocenters. The van der Waals surface area contributed by atoms with Gasteiger partial charge in [-0.1, -0.05) is 40.2 Å². The van der Waals surface area contributed by atoms with Crippen molar-refractivity contribution in [2.75, 3.05) is 14.2 Å². The molecular formula is C18H18BrNO3. The molecule has 0 aromatic heterocycles. The molecule has 0 saturated carbocycles. The van der Waals surface area contributed by atoms with Gasteiger partial charge < -0.3 is 9.64 Å². The number of esters is 1. The topological polar surface area (TPSA) is 46.6 Å². The van der Waals surface area contributed by atoms with E-state index in [1.165, 1.54) is 7.11 Å². The molecule has 0 fully saturated rings. The number of carbonyl (C=O) groups is 2. The summed E-state index contributed by atoms with van der Waals surface area (Å²) in [5.74, 6) is -0.319. The number of amides is 1. The fourth-order valence-corrected chi connectivity index (χ4v) is 2.40. The lowest BCUT2D eigenvalue weighted by molar-refractivity contribution is -0.129. The monoisotopic (exact) mass is 375 g/mol. The highest BCUT2D eigenvalue weighted by Crippen LogP contribution is 2.13. The van der Waals surface area contributed by atoms with Crippen molar-refractivity contribution < 1.29 is 14.3 Å². The molecule has 4 nitrogen and oxygen atoms in total. The summed E-state index contributed by atoms with van der Waals surface area (Å²) in [6, 6.07) is 14.8. The van der Waals surface area contributed by atoms with Gasteiger partial charge in [-0.25, -0.2) is 4.79 Å². The molecule has 0 bridgehead atoms. The second-order valence-corrected chi connectivity index (χ2v) is 6.16. The second kappa shape index (κ2) is 7.92. The van der Waals surface area contributed by atoms with Crippen LogP contribution in [0.15, 0.2) is 53.0 Å². The summed E-state index contributed by atoms with van der Waals surface area (Å²) < 4.78 is 5.66. The summed E-state index contributed by atoms with van der Waals surface area (Å²) in [5.41, 5.74) is 2.44. The van der Waals surface area contributed by atoms with Crippen molar-refractivity contribution in [1.29, 1.82) is 0 Å². The van der Waals surface area contributed by atoms with E-state index in [1.807, 2.05) is 36.4 Å². The van der Waals surface area contributed by atoms with Crippen molar-refractivity contribution >= 4 is 27.8 Å². The van der Waals surface area contributed by atoms with E-state index >= 15 is 0 Å². The van der Waals surface area contributed by atoms with Gasteiger partial charge in [0, 0.05) is 18.1 Å². The van der Waals surface area contributed by atoms with Crippen molar-refractivity contribution in [2.24, 2.45) is 0 Å². The number of hydrogen-bond donors (Lipinski definition) is 0. The summed E-state index contributed by atoms with van der Waals surface area (Å²) in [5, 5.41) is 0. The third kappa shape index (κ3) is 4.93. The molecule has 0 atom stereocenters. The predicted molar refractivity (Wildman–Crippen MR) is 92.1 cm³/mol. The molecule has 2 aromatic rings. The number of ether oxygens (including phenoxy) is 1. The average molecular weight is 376 g/mol. The van der Waals surface area contributed by atoms with Crippen LogP contribution in [-0.2, 0) is 22.5 Å². The van der Waals surface area contributed by atoms with Crippen molar-refractivity contribution in [2.45, 2.75) is 13.0 Å². The van der Waals surface area contributed by atoms with Gasteiger partial charge in [0.25, 0.3) is 0 Å². The fraction of sp³-hybridized carbons (Fsp3) is 0.222. The van der Waals surface area contributed by atoms with Crippen LogP contribution in [0.25, 0.3) is 0 Å². The van der Waals surface area contributed by atoms with E-state index in [2.05, 4.69) is 20.7 Å². The number of benzene rings is 2. The first-order chi connectivity index (χ1) is 11.0. The van der Waals surface area contributed by atoms with Gasteiger partial charge in [-0.3, -0.25) is 4.79 Å². The van der Waals surface area contributed by atoms with Gasteiger partial charge in [0.05, 0.1) is 19.1 Å². The van der Waals surface area contributed by atoms with Crippen molar-refractivity contribution in [3.05, 3.63) is 69.7 Å². The highest BCUT2D eigenvalue weighted by Gasteiger charge is 2.11. The number of methoxy groups -OCH3 is 1. The Balaban J connectivity index is 1.95. The molecule has 23 heavy (non-hydrogen) atoms. The Hall–Kier alpha value is -2.14. The van der Waals surface area contributed by atoms with Gasteiger partial charge in [0.15, 0.2) is 0 Å². The molecule has 0 radical (unpaired) electrons.